The molecule has 1 heterocycles. The van der Waals surface area contributed by atoms with E-state index in [1.165, 1.54) is 24.1 Å². The zero-order chi connectivity index (χ0) is 25.5. The van der Waals surface area contributed by atoms with Crippen molar-refractivity contribution in [3.63, 3.8) is 0 Å². The normalized spacial score (nSPS) is 14.8. The van der Waals surface area contributed by atoms with Crippen LogP contribution in [-0.2, 0) is 20.9 Å². The van der Waals surface area contributed by atoms with E-state index in [9.17, 15) is 4.79 Å². The molecule has 3 rings (SSSR count). The molecule has 0 atom stereocenters. The minimum atomic E-state index is -1.41. The molecule has 1 fully saturated rings. The van der Waals surface area contributed by atoms with Crippen LogP contribution in [0.4, 0.5) is 0 Å². The highest BCUT2D eigenvalue weighted by Gasteiger charge is 2.38. The van der Waals surface area contributed by atoms with Crippen molar-refractivity contribution in [2.75, 3.05) is 19.8 Å². The van der Waals surface area contributed by atoms with Crippen LogP contribution in [0, 0.1) is 5.41 Å². The lowest BCUT2D eigenvalue weighted by molar-refractivity contribution is -0.140. The molecule has 1 saturated heterocycles. The second-order valence-corrected chi connectivity index (χ2v) is 15.6. The zero-order valence-corrected chi connectivity index (χ0v) is 23.2. The molecule has 190 valence electrons. The van der Waals surface area contributed by atoms with Crippen LogP contribution in [0.5, 0.6) is 5.75 Å². The van der Waals surface area contributed by atoms with E-state index in [1.807, 2.05) is 6.07 Å². The van der Waals surface area contributed by atoms with Crippen molar-refractivity contribution in [1.82, 2.24) is 0 Å². The zero-order valence-electron chi connectivity index (χ0n) is 22.2. The third-order valence-corrected chi connectivity index (χ3v) is 10.6. The van der Waals surface area contributed by atoms with E-state index < -0.39 is 8.07 Å². The van der Waals surface area contributed by atoms with Crippen LogP contribution in [0.3, 0.4) is 0 Å². The van der Waals surface area contributed by atoms with Gasteiger partial charge < -0.3 is 14.2 Å². The molecule has 0 unspecified atom stereocenters. The van der Waals surface area contributed by atoms with Gasteiger partial charge in [-0.15, -0.1) is 0 Å². The molecule has 1 aliphatic heterocycles. The maximum Gasteiger partial charge on any atom is 0.333 e. The number of esters is 1. The third-order valence-electron chi connectivity index (χ3n) is 7.05. The van der Waals surface area contributed by atoms with E-state index in [4.69, 9.17) is 14.2 Å². The first kappa shape index (κ1) is 27.2. The van der Waals surface area contributed by atoms with Crippen molar-refractivity contribution in [3.8, 4) is 16.9 Å². The molecule has 0 bridgehead atoms. The maximum absolute atomic E-state index is 12.1. The summed E-state index contributed by atoms with van der Waals surface area (Å²) in [4.78, 5) is 12.1. The number of benzene rings is 2. The van der Waals surface area contributed by atoms with Gasteiger partial charge in [0.2, 0.25) is 0 Å². The molecule has 0 saturated carbocycles. The number of carbonyl (C=O) groups excluding carboxylic acids is 1. The van der Waals surface area contributed by atoms with E-state index in [1.54, 1.807) is 6.92 Å². The molecule has 2 aromatic rings. The highest BCUT2D eigenvalue weighted by atomic mass is 28.3. The van der Waals surface area contributed by atoms with E-state index in [0.29, 0.717) is 12.2 Å². The summed E-state index contributed by atoms with van der Waals surface area (Å²) < 4.78 is 17.3. The number of hydrogen-bond donors (Lipinski definition) is 0. The quantitative estimate of drug-likeness (QED) is 0.173. The lowest BCUT2D eigenvalue weighted by Crippen LogP contribution is -2.47. The monoisotopic (exact) mass is 494 g/mol. The summed E-state index contributed by atoms with van der Waals surface area (Å²) in [5.41, 5.74) is 3.59. The van der Waals surface area contributed by atoms with Crippen LogP contribution in [0.25, 0.3) is 11.1 Å². The van der Waals surface area contributed by atoms with E-state index in [0.717, 1.165) is 48.5 Å². The first-order valence-corrected chi connectivity index (χ1v) is 16.2. The number of carbonyl (C=O) groups is 1. The van der Waals surface area contributed by atoms with Crippen LogP contribution in [-0.4, -0.2) is 33.9 Å². The van der Waals surface area contributed by atoms with Crippen LogP contribution in [0.15, 0.2) is 54.6 Å². The smallest absolute Gasteiger partial charge is 0.333 e. The molecular formula is C30H42O4Si. The van der Waals surface area contributed by atoms with Gasteiger partial charge in [-0.1, -0.05) is 94.3 Å². The molecule has 4 nitrogen and oxygen atoms in total. The van der Waals surface area contributed by atoms with Gasteiger partial charge in [0.1, 0.15) is 12.4 Å². The fourth-order valence-corrected chi connectivity index (χ4v) is 7.20. The van der Waals surface area contributed by atoms with Gasteiger partial charge in [-0.2, -0.15) is 0 Å². The van der Waals surface area contributed by atoms with Gasteiger partial charge in [0, 0.05) is 11.1 Å². The van der Waals surface area contributed by atoms with E-state index in [2.05, 4.69) is 69.9 Å². The minimum Gasteiger partial charge on any atom is -0.492 e. The van der Waals surface area contributed by atoms with Crippen LogP contribution < -0.4 is 9.92 Å². The Morgan fingerprint density at radius 2 is 1.74 bits per heavy atom. The molecule has 0 aromatic heterocycles. The second-order valence-electron chi connectivity index (χ2n) is 10.8. The van der Waals surface area contributed by atoms with E-state index >= 15 is 0 Å². The Kier molecular flexibility index (Phi) is 9.37. The number of unbranched alkanes of at least 4 members (excludes halogenated alkanes) is 1. The summed E-state index contributed by atoms with van der Waals surface area (Å²) in [6.07, 6.45) is 4.72. The molecule has 0 radical (unpaired) electrons. The maximum atomic E-state index is 12.1. The van der Waals surface area contributed by atoms with Crippen LogP contribution in [0.2, 0.25) is 19.1 Å². The first-order valence-electron chi connectivity index (χ1n) is 13.0. The van der Waals surface area contributed by atoms with Gasteiger partial charge in [-0.25, -0.2) is 4.79 Å². The molecule has 2 aromatic carbocycles. The average Bonchev–Trinajstić information content (AvgIpc) is 2.83. The van der Waals surface area contributed by atoms with Crippen molar-refractivity contribution in [3.05, 3.63) is 60.2 Å². The summed E-state index contributed by atoms with van der Waals surface area (Å²) >= 11 is 0. The van der Waals surface area contributed by atoms with Crippen LogP contribution in [0.1, 0.15) is 52.0 Å². The number of rotatable bonds is 13. The van der Waals surface area contributed by atoms with E-state index in [-0.39, 0.29) is 18.0 Å². The van der Waals surface area contributed by atoms with Crippen LogP contribution >= 0.6 is 0 Å². The number of hydrogen-bond acceptors (Lipinski definition) is 4. The van der Waals surface area contributed by atoms with Gasteiger partial charge in [0.05, 0.1) is 33.3 Å². The fourth-order valence-electron chi connectivity index (χ4n) is 4.61. The lowest BCUT2D eigenvalue weighted by atomic mass is 9.82. The summed E-state index contributed by atoms with van der Waals surface area (Å²) in [5, 5.41) is 1.49. The van der Waals surface area contributed by atoms with Gasteiger partial charge in [0.25, 0.3) is 0 Å². The first-order chi connectivity index (χ1) is 16.7. The minimum absolute atomic E-state index is 0.0867. The SMILES string of the molecule is C=C(C)C(=O)OCc1cc(-c2ccc([Si](C)(C)CCCC)cc2)ccc1OCC1(CCC)COC1. The Morgan fingerprint density at radius 1 is 1.06 bits per heavy atom. The summed E-state index contributed by atoms with van der Waals surface area (Å²) in [7, 11) is -1.41. The topological polar surface area (TPSA) is 44.8 Å². The van der Waals surface area contributed by atoms with Crippen molar-refractivity contribution in [1.29, 1.82) is 0 Å². The average molecular weight is 495 g/mol. The molecule has 1 aliphatic rings. The summed E-state index contributed by atoms with van der Waals surface area (Å²) in [5.74, 6) is 0.371. The standard InChI is InChI=1S/C30H42O4Si/c1-7-9-17-35(5,6)27-13-10-24(11-14-27)25-12-15-28(26(18-25)19-33-29(31)23(3)4)34-22-30(16-8-2)20-32-21-30/h10-15,18H,3,7-9,16-17,19-22H2,1-2,4-6H3. The van der Waals surface area contributed by atoms with Gasteiger partial charge in [-0.3, -0.25) is 0 Å². The Labute approximate surface area is 212 Å². The Balaban J connectivity index is 1.82. The predicted molar refractivity (Wildman–Crippen MR) is 147 cm³/mol. The van der Waals surface area contributed by atoms with Crippen molar-refractivity contribution in [2.45, 2.75) is 72.2 Å². The largest absolute Gasteiger partial charge is 0.492 e. The van der Waals surface area contributed by atoms with Crippen molar-refractivity contribution < 1.29 is 19.0 Å². The number of ether oxygens (including phenoxy) is 3. The molecule has 35 heavy (non-hydrogen) atoms. The summed E-state index contributed by atoms with van der Waals surface area (Å²) in [6, 6.07) is 16.5. The molecule has 5 heteroatoms. The highest BCUT2D eigenvalue weighted by Crippen LogP contribution is 2.35. The molecule has 0 N–H and O–H groups in total. The third kappa shape index (κ3) is 7.08. The Morgan fingerprint density at radius 3 is 2.31 bits per heavy atom. The fraction of sp³-hybridized carbons (Fsp3) is 0.500. The van der Waals surface area contributed by atoms with Gasteiger partial charge >= 0.3 is 5.97 Å². The lowest BCUT2D eigenvalue weighted by Gasteiger charge is -2.41. The molecular weight excluding hydrogens is 452 g/mol. The second kappa shape index (κ2) is 12.0. The van der Waals surface area contributed by atoms with Crippen molar-refractivity contribution in [2.24, 2.45) is 5.41 Å². The molecule has 0 aliphatic carbocycles. The van der Waals surface area contributed by atoms with Gasteiger partial charge in [-0.05, 0) is 36.6 Å². The molecule has 0 spiro atoms. The van der Waals surface area contributed by atoms with Gasteiger partial charge in [0.15, 0.2) is 0 Å². The Hall–Kier alpha value is -2.37. The highest BCUT2D eigenvalue weighted by molar-refractivity contribution is 6.89. The Bertz CT molecular complexity index is 1010. The molecule has 0 amide bonds. The summed E-state index contributed by atoms with van der Waals surface area (Å²) in [6.45, 7) is 17.0. The van der Waals surface area contributed by atoms with Crippen molar-refractivity contribution >= 4 is 19.2 Å². The predicted octanol–water partition coefficient (Wildman–Crippen LogP) is 6.88.